The maximum absolute atomic E-state index is 12.3. The molecule has 1 aromatic heterocycles. The van der Waals surface area contributed by atoms with Crippen LogP contribution in [0, 0.1) is 0 Å². The zero-order valence-electron chi connectivity index (χ0n) is 13.2. The first kappa shape index (κ1) is 15.6. The molecule has 1 N–H and O–H groups in total. The number of rotatable bonds is 5. The van der Waals surface area contributed by atoms with Crippen LogP contribution in [0.3, 0.4) is 0 Å². The van der Waals surface area contributed by atoms with E-state index in [4.69, 9.17) is 9.47 Å². The number of nitrogens with zero attached hydrogens (tertiary/aromatic N) is 2. The fraction of sp³-hybridized carbons (Fsp3) is 0.412. The van der Waals surface area contributed by atoms with Crippen molar-refractivity contribution >= 4 is 5.91 Å². The van der Waals surface area contributed by atoms with Crippen LogP contribution < -0.4 is 10.1 Å². The van der Waals surface area contributed by atoms with Gasteiger partial charge in [-0.2, -0.15) is 5.10 Å². The molecule has 1 aliphatic heterocycles. The quantitative estimate of drug-likeness (QED) is 0.921. The molecule has 2 heterocycles. The van der Waals surface area contributed by atoms with Gasteiger partial charge in [0.25, 0.3) is 5.91 Å². The highest BCUT2D eigenvalue weighted by Gasteiger charge is 2.17. The summed E-state index contributed by atoms with van der Waals surface area (Å²) in [6.45, 7) is 1.15. The van der Waals surface area contributed by atoms with Gasteiger partial charge < -0.3 is 14.8 Å². The molecule has 1 aromatic carbocycles. The predicted octanol–water partition coefficient (Wildman–Crippen LogP) is 2.52. The van der Waals surface area contributed by atoms with Crippen LogP contribution >= 0.6 is 0 Å². The predicted molar refractivity (Wildman–Crippen MR) is 85.2 cm³/mol. The van der Waals surface area contributed by atoms with Crippen molar-refractivity contribution in [1.29, 1.82) is 0 Å². The van der Waals surface area contributed by atoms with Gasteiger partial charge in [-0.15, -0.1) is 0 Å². The minimum atomic E-state index is -0.175. The Morgan fingerprint density at radius 2 is 2.26 bits per heavy atom. The summed E-state index contributed by atoms with van der Waals surface area (Å²) in [4.78, 5) is 12.3. The minimum absolute atomic E-state index is 0.0161. The highest BCUT2D eigenvalue weighted by molar-refractivity contribution is 5.96. The molecule has 2 aromatic rings. The van der Waals surface area contributed by atoms with Crippen molar-refractivity contribution < 1.29 is 14.3 Å². The Labute approximate surface area is 135 Å². The van der Waals surface area contributed by atoms with Crippen LogP contribution in [0.4, 0.5) is 0 Å². The lowest BCUT2D eigenvalue weighted by Crippen LogP contribution is -2.24. The molecule has 1 amide bonds. The molecule has 23 heavy (non-hydrogen) atoms. The molecule has 0 radical (unpaired) electrons. The van der Waals surface area contributed by atoms with Crippen molar-refractivity contribution in [2.45, 2.75) is 32.0 Å². The van der Waals surface area contributed by atoms with Crippen LogP contribution in [0.5, 0.6) is 5.75 Å². The van der Waals surface area contributed by atoms with Crippen molar-refractivity contribution in [1.82, 2.24) is 15.1 Å². The van der Waals surface area contributed by atoms with Crippen molar-refractivity contribution in [3.8, 4) is 5.75 Å². The fourth-order valence-corrected chi connectivity index (χ4v) is 2.66. The normalized spacial score (nSPS) is 17.7. The van der Waals surface area contributed by atoms with Crippen LogP contribution in [0.1, 0.15) is 41.5 Å². The van der Waals surface area contributed by atoms with E-state index < -0.39 is 0 Å². The molecule has 6 heteroatoms. The Balaban J connectivity index is 1.60. The second-order valence-corrected chi connectivity index (χ2v) is 5.49. The van der Waals surface area contributed by atoms with E-state index in [-0.39, 0.29) is 12.1 Å². The van der Waals surface area contributed by atoms with Gasteiger partial charge >= 0.3 is 0 Å². The molecule has 0 bridgehead atoms. The Bertz CT molecular complexity index is 663. The van der Waals surface area contributed by atoms with Gasteiger partial charge in [-0.25, -0.2) is 4.68 Å². The van der Waals surface area contributed by atoms with Gasteiger partial charge in [-0.05, 0) is 37.5 Å². The summed E-state index contributed by atoms with van der Waals surface area (Å²) < 4.78 is 12.7. The fourth-order valence-electron chi connectivity index (χ4n) is 2.66. The van der Waals surface area contributed by atoms with Gasteiger partial charge in [-0.1, -0.05) is 12.1 Å². The van der Waals surface area contributed by atoms with Crippen molar-refractivity contribution in [2.24, 2.45) is 0 Å². The number of nitrogens with one attached hydrogen (secondary N) is 1. The number of para-hydroxylation sites is 1. The molecule has 1 aliphatic rings. The van der Waals surface area contributed by atoms with Crippen LogP contribution in [0.25, 0.3) is 0 Å². The van der Waals surface area contributed by atoms with Crippen molar-refractivity contribution in [3.63, 3.8) is 0 Å². The third-order valence-electron chi connectivity index (χ3n) is 3.90. The van der Waals surface area contributed by atoms with Crippen LogP contribution in [0.15, 0.2) is 36.5 Å². The monoisotopic (exact) mass is 315 g/mol. The molecule has 1 atom stereocenters. The number of hydrogen-bond acceptors (Lipinski definition) is 4. The summed E-state index contributed by atoms with van der Waals surface area (Å²) in [5.41, 5.74) is 1.33. The molecule has 1 unspecified atom stereocenters. The first-order valence-corrected chi connectivity index (χ1v) is 7.85. The Hall–Kier alpha value is -2.34. The molecule has 0 saturated carbocycles. The highest BCUT2D eigenvalue weighted by atomic mass is 16.5. The average Bonchev–Trinajstić information content (AvgIpc) is 3.09. The molecular formula is C17H21N3O3. The highest BCUT2D eigenvalue weighted by Crippen LogP contribution is 2.21. The maximum atomic E-state index is 12.3. The zero-order valence-corrected chi connectivity index (χ0v) is 13.2. The summed E-state index contributed by atoms with van der Waals surface area (Å²) in [6.07, 6.45) is 5.17. The second kappa shape index (κ2) is 7.28. The van der Waals surface area contributed by atoms with Gasteiger partial charge in [-0.3, -0.25) is 4.79 Å². The lowest BCUT2D eigenvalue weighted by atomic mass is 10.2. The summed E-state index contributed by atoms with van der Waals surface area (Å²) in [6, 6.07) is 9.06. The van der Waals surface area contributed by atoms with Gasteiger partial charge in [0.2, 0.25) is 0 Å². The standard InChI is InChI=1S/C17H21N3O3/c1-22-15-7-3-2-6-14(15)17(21)18-12-13-9-10-20(19-13)16-8-4-5-11-23-16/h2-3,6-7,9-10,16H,4-5,8,11-12H2,1H3,(H,18,21). The molecule has 3 rings (SSSR count). The molecule has 0 aliphatic carbocycles. The van der Waals surface area contributed by atoms with E-state index in [2.05, 4.69) is 10.4 Å². The number of methoxy groups -OCH3 is 1. The summed E-state index contributed by atoms with van der Waals surface area (Å²) >= 11 is 0. The number of aromatic nitrogens is 2. The van der Waals surface area contributed by atoms with E-state index in [1.807, 2.05) is 29.1 Å². The van der Waals surface area contributed by atoms with Crippen LogP contribution in [-0.4, -0.2) is 29.4 Å². The molecule has 6 nitrogen and oxygen atoms in total. The Kier molecular flexibility index (Phi) is 4.92. The number of carbonyl (C=O) groups is 1. The Morgan fingerprint density at radius 3 is 3.04 bits per heavy atom. The van der Waals surface area contributed by atoms with Gasteiger partial charge in [0.15, 0.2) is 0 Å². The third-order valence-corrected chi connectivity index (χ3v) is 3.90. The van der Waals surface area contributed by atoms with Gasteiger partial charge in [0, 0.05) is 12.8 Å². The summed E-state index contributed by atoms with van der Waals surface area (Å²) in [5.74, 6) is 0.386. The maximum Gasteiger partial charge on any atom is 0.255 e. The number of amides is 1. The van der Waals surface area contributed by atoms with E-state index in [1.54, 1.807) is 19.2 Å². The lowest BCUT2D eigenvalue weighted by molar-refractivity contribution is -0.0396. The largest absolute Gasteiger partial charge is 0.496 e. The second-order valence-electron chi connectivity index (χ2n) is 5.49. The topological polar surface area (TPSA) is 65.4 Å². The number of hydrogen-bond donors (Lipinski definition) is 1. The van der Waals surface area contributed by atoms with E-state index in [9.17, 15) is 4.79 Å². The van der Waals surface area contributed by atoms with Crippen LogP contribution in [0.2, 0.25) is 0 Å². The van der Waals surface area contributed by atoms with Crippen molar-refractivity contribution in [2.75, 3.05) is 13.7 Å². The number of benzene rings is 1. The van der Waals surface area contributed by atoms with Crippen molar-refractivity contribution in [3.05, 3.63) is 47.8 Å². The molecule has 122 valence electrons. The molecule has 1 saturated heterocycles. The molecular weight excluding hydrogens is 294 g/mol. The van der Waals surface area contributed by atoms with E-state index in [1.165, 1.54) is 0 Å². The first-order valence-electron chi connectivity index (χ1n) is 7.85. The molecule has 1 fully saturated rings. The van der Waals surface area contributed by atoms with Gasteiger partial charge in [0.05, 0.1) is 24.9 Å². The summed E-state index contributed by atoms with van der Waals surface area (Å²) in [7, 11) is 1.55. The number of ether oxygens (including phenoxy) is 2. The average molecular weight is 315 g/mol. The smallest absolute Gasteiger partial charge is 0.255 e. The van der Waals surface area contributed by atoms with E-state index in [0.717, 1.165) is 31.6 Å². The Morgan fingerprint density at radius 1 is 1.39 bits per heavy atom. The zero-order chi connectivity index (χ0) is 16.1. The molecule has 0 spiro atoms. The third kappa shape index (κ3) is 3.71. The SMILES string of the molecule is COc1ccccc1C(=O)NCc1ccn(C2CCCCO2)n1. The van der Waals surface area contributed by atoms with Gasteiger partial charge in [0.1, 0.15) is 12.0 Å². The number of carbonyl (C=O) groups excluding carboxylic acids is 1. The van der Waals surface area contributed by atoms with E-state index >= 15 is 0 Å². The van der Waals surface area contributed by atoms with E-state index in [0.29, 0.717) is 17.9 Å². The summed E-state index contributed by atoms with van der Waals surface area (Å²) in [5, 5.41) is 7.36. The first-order chi connectivity index (χ1) is 11.3. The lowest BCUT2D eigenvalue weighted by Gasteiger charge is -2.22. The minimum Gasteiger partial charge on any atom is -0.496 e. The van der Waals surface area contributed by atoms with Crippen LogP contribution in [-0.2, 0) is 11.3 Å².